The van der Waals surface area contributed by atoms with Crippen molar-refractivity contribution < 1.29 is 23.1 Å². The van der Waals surface area contributed by atoms with Gasteiger partial charge in [0.05, 0.1) is 6.04 Å². The van der Waals surface area contributed by atoms with E-state index in [1.807, 2.05) is 0 Å². The first-order chi connectivity index (χ1) is 15.3. The molecular formula is C20H21F2N7O3. The lowest BCUT2D eigenvalue weighted by atomic mass is 10.1. The number of rotatable bonds is 6. The minimum absolute atomic E-state index is 0.0543. The number of amides is 2. The number of hydrogen-bond donors (Lipinski definition) is 2. The topological polar surface area (TPSA) is 116 Å². The van der Waals surface area contributed by atoms with E-state index >= 15 is 0 Å². The summed E-state index contributed by atoms with van der Waals surface area (Å²) in [5.74, 6) is -0.0378. The van der Waals surface area contributed by atoms with E-state index in [1.165, 1.54) is 23.3 Å². The molecule has 3 aromatic rings. The van der Waals surface area contributed by atoms with Crippen molar-refractivity contribution in [1.29, 1.82) is 0 Å². The summed E-state index contributed by atoms with van der Waals surface area (Å²) in [5, 5.41) is 9.49. The van der Waals surface area contributed by atoms with Crippen LogP contribution in [0.2, 0.25) is 0 Å². The van der Waals surface area contributed by atoms with Gasteiger partial charge in [0, 0.05) is 32.2 Å². The number of carbonyl (C=O) groups excluding carboxylic acids is 2. The van der Waals surface area contributed by atoms with Crippen molar-refractivity contribution in [3.8, 4) is 0 Å². The Balaban J connectivity index is 1.43. The van der Waals surface area contributed by atoms with E-state index in [0.717, 1.165) is 17.2 Å². The summed E-state index contributed by atoms with van der Waals surface area (Å²) < 4.78 is 34.1. The van der Waals surface area contributed by atoms with Crippen molar-refractivity contribution in [2.45, 2.75) is 31.9 Å². The predicted molar refractivity (Wildman–Crippen MR) is 108 cm³/mol. The van der Waals surface area contributed by atoms with Crippen molar-refractivity contribution >= 4 is 17.7 Å². The number of aromatic nitrogens is 5. The van der Waals surface area contributed by atoms with Crippen LogP contribution in [0, 0.1) is 0 Å². The average molecular weight is 445 g/mol. The number of aryl methyl sites for hydroxylation is 2. The van der Waals surface area contributed by atoms with E-state index < -0.39 is 24.1 Å². The van der Waals surface area contributed by atoms with Gasteiger partial charge in [0.25, 0.3) is 12.3 Å². The van der Waals surface area contributed by atoms with E-state index in [9.17, 15) is 18.4 Å². The summed E-state index contributed by atoms with van der Waals surface area (Å²) in [6.45, 7) is -0.0543. The van der Waals surface area contributed by atoms with Gasteiger partial charge in [0.1, 0.15) is 17.7 Å². The molecule has 0 radical (unpaired) electrons. The third kappa shape index (κ3) is 4.43. The summed E-state index contributed by atoms with van der Waals surface area (Å²) in [5.41, 5.74) is 1.84. The van der Waals surface area contributed by atoms with Crippen LogP contribution in [-0.4, -0.2) is 36.3 Å². The van der Waals surface area contributed by atoms with E-state index in [4.69, 9.17) is 4.74 Å². The number of alkyl carbamates (subject to hydrolysis) is 1. The van der Waals surface area contributed by atoms with Gasteiger partial charge in [0.15, 0.2) is 12.4 Å². The Morgan fingerprint density at radius 3 is 2.84 bits per heavy atom. The molecule has 10 nitrogen and oxygen atoms in total. The van der Waals surface area contributed by atoms with Gasteiger partial charge in [-0.1, -0.05) is 0 Å². The molecule has 3 heterocycles. The van der Waals surface area contributed by atoms with Crippen LogP contribution < -0.4 is 10.6 Å². The van der Waals surface area contributed by atoms with Crippen LogP contribution in [0.4, 0.5) is 19.3 Å². The zero-order valence-corrected chi connectivity index (χ0v) is 17.4. The second-order valence-corrected chi connectivity index (χ2v) is 7.39. The molecule has 1 aliphatic rings. The molecule has 0 aliphatic heterocycles. The fourth-order valence-electron chi connectivity index (χ4n) is 3.75. The predicted octanol–water partition coefficient (Wildman–Crippen LogP) is 2.65. The largest absolute Gasteiger partial charge is 0.441 e. The molecule has 2 N–H and O–H groups in total. The van der Waals surface area contributed by atoms with Gasteiger partial charge in [-0.05, 0) is 36.1 Å². The molecule has 0 aromatic carbocycles. The summed E-state index contributed by atoms with van der Waals surface area (Å²) >= 11 is 0. The van der Waals surface area contributed by atoms with Gasteiger partial charge < -0.3 is 19.9 Å². The van der Waals surface area contributed by atoms with Crippen LogP contribution in [-0.2, 0) is 31.9 Å². The number of hydrogen-bond acceptors (Lipinski definition) is 6. The molecule has 2 amide bonds. The number of alkyl halides is 2. The van der Waals surface area contributed by atoms with E-state index in [2.05, 4.69) is 25.7 Å². The maximum atomic E-state index is 12.9. The Labute approximate surface area is 181 Å². The molecule has 4 rings (SSSR count). The maximum absolute atomic E-state index is 12.9. The van der Waals surface area contributed by atoms with Crippen molar-refractivity contribution in [1.82, 2.24) is 29.6 Å². The second-order valence-electron chi connectivity index (χ2n) is 7.39. The number of anilines is 1. The quantitative estimate of drug-likeness (QED) is 0.603. The molecular weight excluding hydrogens is 424 g/mol. The number of fused-ring (bicyclic) bond motifs is 1. The summed E-state index contributed by atoms with van der Waals surface area (Å²) in [6.07, 6.45) is 2.35. The molecule has 32 heavy (non-hydrogen) atoms. The molecule has 3 aromatic heterocycles. The highest BCUT2D eigenvalue weighted by atomic mass is 19.3. The first-order valence-corrected chi connectivity index (χ1v) is 9.83. The standard InChI is InChI=1S/C20H21F2N7O3/c1-28-8-13-12(17(28)19(30)25-11-5-6-23-15(7-11)18(21)22)3-4-14(13)26-20(31)32-9-16-24-10-29(2)27-16/h5-8,10,14,18H,3-4,9H2,1-2H3,(H,26,31)(H,23,25,30). The van der Waals surface area contributed by atoms with Gasteiger partial charge in [-0.3, -0.25) is 14.5 Å². The smallest absolute Gasteiger partial charge is 0.408 e. The SMILES string of the molecule is Cn1cnc(COC(=O)NC2CCc3c2cn(C)c3C(=O)Nc2ccnc(C(F)F)c2)n1. The molecule has 12 heteroatoms. The highest BCUT2D eigenvalue weighted by Crippen LogP contribution is 2.35. The Bertz CT molecular complexity index is 1160. The Kier molecular flexibility index (Phi) is 5.84. The van der Waals surface area contributed by atoms with Gasteiger partial charge in [-0.15, -0.1) is 0 Å². The first-order valence-electron chi connectivity index (χ1n) is 9.83. The Morgan fingerprint density at radius 2 is 2.12 bits per heavy atom. The fraction of sp³-hybridized carbons (Fsp3) is 0.350. The molecule has 0 saturated carbocycles. The summed E-state index contributed by atoms with van der Waals surface area (Å²) in [7, 11) is 3.43. The molecule has 0 fully saturated rings. The fourth-order valence-corrected chi connectivity index (χ4v) is 3.75. The van der Waals surface area contributed by atoms with Crippen molar-refractivity contribution in [2.24, 2.45) is 14.1 Å². The number of nitrogens with one attached hydrogen (secondary N) is 2. The third-order valence-corrected chi connectivity index (χ3v) is 5.13. The number of nitrogens with zero attached hydrogens (tertiary/aromatic N) is 5. The molecule has 168 valence electrons. The lowest BCUT2D eigenvalue weighted by molar-refractivity contribution is 0.101. The van der Waals surface area contributed by atoms with Crippen molar-refractivity contribution in [3.05, 3.63) is 59.2 Å². The van der Waals surface area contributed by atoms with Crippen LogP contribution in [0.5, 0.6) is 0 Å². The van der Waals surface area contributed by atoms with Gasteiger partial charge in [0.2, 0.25) is 0 Å². The van der Waals surface area contributed by atoms with E-state index in [0.29, 0.717) is 24.4 Å². The number of ether oxygens (including phenoxy) is 1. The van der Waals surface area contributed by atoms with E-state index in [1.54, 1.807) is 24.9 Å². The average Bonchev–Trinajstić information content (AvgIpc) is 3.42. The van der Waals surface area contributed by atoms with Crippen LogP contribution >= 0.6 is 0 Å². The molecule has 0 saturated heterocycles. The summed E-state index contributed by atoms with van der Waals surface area (Å²) in [6, 6.07) is 2.28. The van der Waals surface area contributed by atoms with Crippen molar-refractivity contribution in [2.75, 3.05) is 5.32 Å². The lowest BCUT2D eigenvalue weighted by Crippen LogP contribution is -2.27. The highest BCUT2D eigenvalue weighted by molar-refractivity contribution is 6.04. The number of halogens is 2. The monoisotopic (exact) mass is 445 g/mol. The first kappa shape index (κ1) is 21.4. The van der Waals surface area contributed by atoms with Gasteiger partial charge >= 0.3 is 6.09 Å². The minimum atomic E-state index is -2.73. The molecule has 1 atom stereocenters. The molecule has 0 bridgehead atoms. The second kappa shape index (κ2) is 8.73. The zero-order valence-electron chi connectivity index (χ0n) is 17.4. The van der Waals surface area contributed by atoms with Gasteiger partial charge in [-0.25, -0.2) is 18.6 Å². The van der Waals surface area contributed by atoms with Crippen molar-refractivity contribution in [3.63, 3.8) is 0 Å². The van der Waals surface area contributed by atoms with E-state index in [-0.39, 0.29) is 18.3 Å². The summed E-state index contributed by atoms with van der Waals surface area (Å²) in [4.78, 5) is 32.6. The van der Waals surface area contributed by atoms with Crippen LogP contribution in [0.1, 0.15) is 52.0 Å². The van der Waals surface area contributed by atoms with Crippen LogP contribution in [0.3, 0.4) is 0 Å². The normalized spacial score (nSPS) is 15.0. The number of pyridine rings is 1. The molecule has 1 aliphatic carbocycles. The Hall–Kier alpha value is -3.83. The highest BCUT2D eigenvalue weighted by Gasteiger charge is 2.31. The Morgan fingerprint density at radius 1 is 1.31 bits per heavy atom. The molecule has 1 unspecified atom stereocenters. The minimum Gasteiger partial charge on any atom is -0.441 e. The maximum Gasteiger partial charge on any atom is 0.408 e. The zero-order chi connectivity index (χ0) is 22.8. The lowest BCUT2D eigenvalue weighted by Gasteiger charge is -2.12. The third-order valence-electron chi connectivity index (χ3n) is 5.13. The van der Waals surface area contributed by atoms with Gasteiger partial charge in [-0.2, -0.15) is 5.10 Å². The van der Waals surface area contributed by atoms with Crippen LogP contribution in [0.25, 0.3) is 0 Å². The van der Waals surface area contributed by atoms with Crippen LogP contribution in [0.15, 0.2) is 30.9 Å². The number of carbonyl (C=O) groups is 2. The molecule has 0 spiro atoms.